The zero-order valence-electron chi connectivity index (χ0n) is 19.5. The number of nitrogens with one attached hydrogen (secondary N) is 1. The van der Waals surface area contributed by atoms with E-state index < -0.39 is 5.60 Å². The number of benzene rings is 2. The summed E-state index contributed by atoms with van der Waals surface area (Å²) in [5.74, 6) is 0.971. The molecule has 0 radical (unpaired) electrons. The largest absolute Gasteiger partial charge is 0.486 e. The van der Waals surface area contributed by atoms with E-state index in [1.165, 1.54) is 16.8 Å². The Morgan fingerprint density at radius 2 is 2.03 bits per heavy atom. The van der Waals surface area contributed by atoms with E-state index in [2.05, 4.69) is 71.7 Å². The number of ether oxygens (including phenoxy) is 2. The fraction of sp³-hybridized carbons (Fsp3) is 0.556. The lowest BCUT2D eigenvalue weighted by molar-refractivity contribution is -0.212. The first kappa shape index (κ1) is 20.1. The zero-order valence-corrected chi connectivity index (χ0v) is 19.5. The highest BCUT2D eigenvalue weighted by Crippen LogP contribution is 2.64. The minimum absolute atomic E-state index is 0.0167. The Hall–Kier alpha value is -2.28. The van der Waals surface area contributed by atoms with Gasteiger partial charge in [0.25, 0.3) is 0 Å². The summed E-state index contributed by atoms with van der Waals surface area (Å²) in [4.78, 5) is 4.67. The fourth-order valence-electron chi connectivity index (χ4n) is 7.81. The van der Waals surface area contributed by atoms with Gasteiger partial charge in [-0.1, -0.05) is 24.3 Å². The van der Waals surface area contributed by atoms with Crippen molar-refractivity contribution in [2.45, 2.75) is 61.0 Å². The van der Waals surface area contributed by atoms with E-state index in [1.54, 1.807) is 0 Å². The second-order valence-electron chi connectivity index (χ2n) is 10.8. The Morgan fingerprint density at radius 3 is 2.94 bits per heavy atom. The third-order valence-electron chi connectivity index (χ3n) is 9.25. The van der Waals surface area contributed by atoms with Crippen molar-refractivity contribution in [1.29, 1.82) is 0 Å². The molecule has 3 heterocycles. The summed E-state index contributed by atoms with van der Waals surface area (Å²) < 4.78 is 13.3. The number of likely N-dealkylation sites (tertiary alicyclic amines) is 1. The van der Waals surface area contributed by atoms with E-state index in [4.69, 9.17) is 9.47 Å². The molecule has 2 aliphatic carbocycles. The molecule has 2 fully saturated rings. The number of anilines is 2. The van der Waals surface area contributed by atoms with E-state index in [1.807, 2.05) is 0 Å². The van der Waals surface area contributed by atoms with Crippen molar-refractivity contribution < 1.29 is 14.6 Å². The van der Waals surface area contributed by atoms with Crippen molar-refractivity contribution in [3.05, 3.63) is 53.6 Å². The van der Waals surface area contributed by atoms with Crippen LogP contribution >= 0.6 is 0 Å². The maximum Gasteiger partial charge on any atom is 0.137 e. The van der Waals surface area contributed by atoms with Crippen molar-refractivity contribution in [3.63, 3.8) is 0 Å². The Balaban J connectivity index is 1.18. The lowest BCUT2D eigenvalue weighted by Crippen LogP contribution is -2.76. The van der Waals surface area contributed by atoms with Crippen LogP contribution in [-0.4, -0.2) is 73.7 Å². The smallest absolute Gasteiger partial charge is 0.137 e. The van der Waals surface area contributed by atoms with Gasteiger partial charge in [0.15, 0.2) is 0 Å². The molecule has 6 atom stereocenters. The predicted octanol–water partition coefficient (Wildman–Crippen LogP) is 2.79. The molecule has 1 spiro atoms. The standard InChI is InChI=1S/C27H33N3O3/c1-29-13-12-26-24-17-6-5-9-21(24)33-25(26)22(10-11-27(26,31)23(29)14-17)32-16-18-15-30(2)20-8-4-3-7-19(20)28-18/h3-9,18,22-23,25,28,31H,10-16H2,1-2H3/t18?,22-,23-,25+,26+,27?/m1/s1. The SMILES string of the molecule is CN1CC(CO[C@@H]2CCC3(O)[C@H]4Cc5cccc6c5[C@@]3(CCN4C)[C@H]2O6)Nc2ccccc21. The van der Waals surface area contributed by atoms with Gasteiger partial charge < -0.3 is 29.7 Å². The van der Waals surface area contributed by atoms with Crippen molar-refractivity contribution in [2.24, 2.45) is 0 Å². The first-order valence-electron chi connectivity index (χ1n) is 12.4. The van der Waals surface area contributed by atoms with Crippen LogP contribution in [0.5, 0.6) is 5.75 Å². The number of likely N-dealkylation sites (N-methyl/N-ethyl adjacent to an activating group) is 2. The minimum atomic E-state index is -0.758. The molecular weight excluding hydrogens is 414 g/mol. The molecule has 1 saturated carbocycles. The van der Waals surface area contributed by atoms with E-state index in [9.17, 15) is 5.11 Å². The summed E-state index contributed by atoms with van der Waals surface area (Å²) in [6.45, 7) is 2.52. The first-order chi connectivity index (χ1) is 16.0. The Labute approximate surface area is 195 Å². The molecule has 2 N–H and O–H groups in total. The lowest BCUT2D eigenvalue weighted by atomic mass is 9.49. The quantitative estimate of drug-likeness (QED) is 0.755. The number of fused-ring (bicyclic) bond motifs is 1. The first-order valence-corrected chi connectivity index (χ1v) is 12.4. The molecule has 0 aromatic heterocycles. The number of rotatable bonds is 3. The number of para-hydroxylation sites is 2. The number of piperidine rings is 1. The summed E-state index contributed by atoms with van der Waals surface area (Å²) in [6.07, 6.45) is 3.27. The maximum atomic E-state index is 12.3. The maximum absolute atomic E-state index is 12.3. The van der Waals surface area contributed by atoms with Crippen molar-refractivity contribution in [2.75, 3.05) is 44.0 Å². The molecule has 2 unspecified atom stereocenters. The highest BCUT2D eigenvalue weighted by molar-refractivity contribution is 5.72. The van der Waals surface area contributed by atoms with Gasteiger partial charge in [0, 0.05) is 25.2 Å². The molecule has 2 aromatic carbocycles. The van der Waals surface area contributed by atoms with Gasteiger partial charge in [-0.2, -0.15) is 0 Å². The molecule has 1 saturated heterocycles. The van der Waals surface area contributed by atoms with Gasteiger partial charge in [0.2, 0.25) is 0 Å². The van der Waals surface area contributed by atoms with E-state index in [0.29, 0.717) is 6.61 Å². The van der Waals surface area contributed by atoms with Crippen LogP contribution in [0.2, 0.25) is 0 Å². The summed E-state index contributed by atoms with van der Waals surface area (Å²) in [5.41, 5.74) is 3.91. The second kappa shape index (κ2) is 6.87. The zero-order chi connectivity index (χ0) is 22.4. The molecule has 2 bridgehead atoms. The molecule has 33 heavy (non-hydrogen) atoms. The topological polar surface area (TPSA) is 57.2 Å². The summed E-state index contributed by atoms with van der Waals surface area (Å²) in [6, 6.07) is 15.3. The second-order valence-corrected chi connectivity index (χ2v) is 10.8. The predicted molar refractivity (Wildman–Crippen MR) is 128 cm³/mol. The van der Waals surface area contributed by atoms with E-state index in [-0.39, 0.29) is 29.7 Å². The van der Waals surface area contributed by atoms with Gasteiger partial charge in [-0.05, 0) is 63.0 Å². The molecule has 5 aliphatic rings. The van der Waals surface area contributed by atoms with Gasteiger partial charge in [-0.3, -0.25) is 0 Å². The molecule has 3 aliphatic heterocycles. The molecule has 6 heteroatoms. The third kappa shape index (κ3) is 2.55. The fourth-order valence-corrected chi connectivity index (χ4v) is 7.81. The van der Waals surface area contributed by atoms with Crippen LogP contribution in [0.4, 0.5) is 11.4 Å². The van der Waals surface area contributed by atoms with Crippen LogP contribution < -0.4 is 15.0 Å². The highest BCUT2D eigenvalue weighted by Gasteiger charge is 2.72. The molecular formula is C27H33N3O3. The van der Waals surface area contributed by atoms with Crippen LogP contribution in [0.1, 0.15) is 30.4 Å². The van der Waals surface area contributed by atoms with Crippen LogP contribution in [-0.2, 0) is 16.6 Å². The van der Waals surface area contributed by atoms with Crippen molar-refractivity contribution in [1.82, 2.24) is 4.90 Å². The lowest BCUT2D eigenvalue weighted by Gasteiger charge is -2.63. The van der Waals surface area contributed by atoms with E-state index >= 15 is 0 Å². The van der Waals surface area contributed by atoms with Crippen molar-refractivity contribution in [3.8, 4) is 5.75 Å². The Kier molecular flexibility index (Phi) is 4.19. The van der Waals surface area contributed by atoms with Crippen LogP contribution in [0.3, 0.4) is 0 Å². The monoisotopic (exact) mass is 447 g/mol. The van der Waals surface area contributed by atoms with Gasteiger partial charge in [0.1, 0.15) is 11.9 Å². The number of nitrogens with zero attached hydrogens (tertiary/aromatic N) is 2. The van der Waals surface area contributed by atoms with E-state index in [0.717, 1.165) is 50.2 Å². The van der Waals surface area contributed by atoms with Gasteiger partial charge in [0.05, 0.1) is 41.1 Å². The Morgan fingerprint density at radius 1 is 1.15 bits per heavy atom. The van der Waals surface area contributed by atoms with Crippen LogP contribution in [0.25, 0.3) is 0 Å². The molecule has 174 valence electrons. The van der Waals surface area contributed by atoms with Crippen LogP contribution in [0, 0.1) is 0 Å². The van der Waals surface area contributed by atoms with Gasteiger partial charge in [-0.25, -0.2) is 0 Å². The minimum Gasteiger partial charge on any atom is -0.486 e. The molecule has 2 aromatic rings. The Bertz CT molecular complexity index is 1110. The average Bonchev–Trinajstić information content (AvgIpc) is 3.16. The van der Waals surface area contributed by atoms with Crippen molar-refractivity contribution >= 4 is 11.4 Å². The number of hydrogen-bond acceptors (Lipinski definition) is 6. The normalized spacial score (nSPS) is 38.2. The summed E-state index contributed by atoms with van der Waals surface area (Å²) in [7, 11) is 4.31. The molecule has 0 amide bonds. The number of hydrogen-bond donors (Lipinski definition) is 2. The molecule has 7 rings (SSSR count). The van der Waals surface area contributed by atoms with Crippen LogP contribution in [0.15, 0.2) is 42.5 Å². The molecule has 6 nitrogen and oxygen atoms in total. The summed E-state index contributed by atoms with van der Waals surface area (Å²) >= 11 is 0. The average molecular weight is 448 g/mol. The van der Waals surface area contributed by atoms with Gasteiger partial charge >= 0.3 is 0 Å². The third-order valence-corrected chi connectivity index (χ3v) is 9.25. The number of aliphatic hydroxyl groups is 1. The highest BCUT2D eigenvalue weighted by atomic mass is 16.5. The van der Waals surface area contributed by atoms with Gasteiger partial charge in [-0.15, -0.1) is 0 Å². The summed E-state index contributed by atoms with van der Waals surface area (Å²) in [5, 5.41) is 15.9.